The third-order valence-corrected chi connectivity index (χ3v) is 5.69. The number of piperazine rings is 1. The van der Waals surface area contributed by atoms with E-state index in [9.17, 15) is 9.59 Å². The average Bonchev–Trinajstić information content (AvgIpc) is 2.77. The molecule has 0 aliphatic carbocycles. The second-order valence-corrected chi connectivity index (χ2v) is 7.72. The van der Waals surface area contributed by atoms with E-state index in [1.165, 1.54) is 0 Å². The lowest BCUT2D eigenvalue weighted by atomic mass is 10.1. The maximum Gasteiger partial charge on any atom is 0.268 e. The SMILES string of the molecule is COc1ccc(N2CCN(C(=O)CN3C(=O)[C@@H](C)Oc4ccc(C)cc43)CC2)cc1. The van der Waals surface area contributed by atoms with Crippen molar-refractivity contribution < 1.29 is 19.1 Å². The highest BCUT2D eigenvalue weighted by molar-refractivity contribution is 6.03. The summed E-state index contributed by atoms with van der Waals surface area (Å²) in [6.07, 6.45) is -0.597. The summed E-state index contributed by atoms with van der Waals surface area (Å²) in [7, 11) is 1.65. The van der Waals surface area contributed by atoms with E-state index in [1.54, 1.807) is 18.9 Å². The van der Waals surface area contributed by atoms with Crippen molar-refractivity contribution in [1.82, 2.24) is 4.90 Å². The number of amides is 2. The van der Waals surface area contributed by atoms with Crippen LogP contribution in [0.3, 0.4) is 0 Å². The van der Waals surface area contributed by atoms with E-state index in [-0.39, 0.29) is 18.4 Å². The van der Waals surface area contributed by atoms with Gasteiger partial charge in [0.05, 0.1) is 12.8 Å². The summed E-state index contributed by atoms with van der Waals surface area (Å²) in [5.74, 6) is 1.25. The number of hydrogen-bond acceptors (Lipinski definition) is 5. The molecule has 0 radical (unpaired) electrons. The molecule has 1 saturated heterocycles. The predicted octanol–water partition coefficient (Wildman–Crippen LogP) is 2.47. The molecule has 2 heterocycles. The molecule has 0 saturated carbocycles. The van der Waals surface area contributed by atoms with Crippen LogP contribution in [0.25, 0.3) is 0 Å². The molecule has 2 aromatic rings. The van der Waals surface area contributed by atoms with Crippen molar-refractivity contribution in [2.75, 3.05) is 49.6 Å². The molecule has 7 heteroatoms. The predicted molar refractivity (Wildman–Crippen MR) is 115 cm³/mol. The number of anilines is 2. The zero-order valence-corrected chi connectivity index (χ0v) is 17.6. The lowest BCUT2D eigenvalue weighted by Gasteiger charge is -2.38. The molecule has 0 N–H and O–H groups in total. The molecule has 0 unspecified atom stereocenters. The van der Waals surface area contributed by atoms with Gasteiger partial charge in [0.1, 0.15) is 18.0 Å². The van der Waals surface area contributed by atoms with Gasteiger partial charge in [-0.15, -0.1) is 0 Å². The number of aryl methyl sites for hydroxylation is 1. The van der Waals surface area contributed by atoms with Gasteiger partial charge >= 0.3 is 0 Å². The third kappa shape index (κ3) is 3.92. The number of hydrogen-bond donors (Lipinski definition) is 0. The van der Waals surface area contributed by atoms with Crippen molar-refractivity contribution in [3.63, 3.8) is 0 Å². The van der Waals surface area contributed by atoms with Crippen LogP contribution in [0.2, 0.25) is 0 Å². The fourth-order valence-electron chi connectivity index (χ4n) is 3.92. The number of ether oxygens (including phenoxy) is 2. The smallest absolute Gasteiger partial charge is 0.268 e. The molecule has 2 amide bonds. The number of fused-ring (bicyclic) bond motifs is 1. The van der Waals surface area contributed by atoms with Gasteiger partial charge in [-0.2, -0.15) is 0 Å². The van der Waals surface area contributed by atoms with Crippen LogP contribution in [0, 0.1) is 6.92 Å². The highest BCUT2D eigenvalue weighted by Crippen LogP contribution is 2.34. The lowest BCUT2D eigenvalue weighted by molar-refractivity contribution is -0.133. The first-order chi connectivity index (χ1) is 14.5. The van der Waals surface area contributed by atoms with Crippen LogP contribution in [-0.4, -0.2) is 62.7 Å². The molecule has 2 aliphatic heterocycles. The zero-order valence-electron chi connectivity index (χ0n) is 17.6. The molecule has 2 aromatic carbocycles. The number of nitrogens with zero attached hydrogens (tertiary/aromatic N) is 3. The maximum atomic E-state index is 13.0. The molecule has 2 aliphatic rings. The van der Waals surface area contributed by atoms with Gasteiger partial charge in [0.2, 0.25) is 5.91 Å². The van der Waals surface area contributed by atoms with E-state index in [1.807, 2.05) is 54.3 Å². The second kappa shape index (κ2) is 8.26. The summed E-state index contributed by atoms with van der Waals surface area (Å²) in [5, 5.41) is 0. The van der Waals surface area contributed by atoms with Crippen molar-refractivity contribution in [3.05, 3.63) is 48.0 Å². The minimum absolute atomic E-state index is 0.0333. The molecular formula is C23H27N3O4. The monoisotopic (exact) mass is 409 g/mol. The average molecular weight is 409 g/mol. The molecule has 30 heavy (non-hydrogen) atoms. The van der Waals surface area contributed by atoms with E-state index in [2.05, 4.69) is 4.90 Å². The van der Waals surface area contributed by atoms with Crippen molar-refractivity contribution in [3.8, 4) is 11.5 Å². The van der Waals surface area contributed by atoms with Crippen molar-refractivity contribution in [2.24, 2.45) is 0 Å². The minimum Gasteiger partial charge on any atom is -0.497 e. The Kier molecular flexibility index (Phi) is 5.53. The minimum atomic E-state index is -0.597. The van der Waals surface area contributed by atoms with Crippen LogP contribution in [0.4, 0.5) is 11.4 Å². The molecule has 0 aromatic heterocycles. The largest absolute Gasteiger partial charge is 0.497 e. The Bertz CT molecular complexity index is 936. The summed E-state index contributed by atoms with van der Waals surface area (Å²) in [6, 6.07) is 13.6. The van der Waals surface area contributed by atoms with Crippen LogP contribution in [-0.2, 0) is 9.59 Å². The van der Waals surface area contributed by atoms with Gasteiger partial charge in [-0.3, -0.25) is 14.5 Å². The Morgan fingerprint density at radius 2 is 1.80 bits per heavy atom. The highest BCUT2D eigenvalue weighted by atomic mass is 16.5. The molecule has 1 atom stereocenters. The van der Waals surface area contributed by atoms with Crippen LogP contribution in [0.15, 0.2) is 42.5 Å². The Morgan fingerprint density at radius 3 is 2.47 bits per heavy atom. The topological polar surface area (TPSA) is 62.3 Å². The first-order valence-electron chi connectivity index (χ1n) is 10.2. The normalized spacial score (nSPS) is 18.7. The van der Waals surface area contributed by atoms with Gasteiger partial charge in [0.25, 0.3) is 5.91 Å². The van der Waals surface area contributed by atoms with Gasteiger partial charge in [-0.05, 0) is 55.8 Å². The Balaban J connectivity index is 1.41. The van der Waals surface area contributed by atoms with E-state index >= 15 is 0 Å². The molecule has 0 spiro atoms. The molecule has 4 rings (SSSR count). The summed E-state index contributed by atoms with van der Waals surface area (Å²) >= 11 is 0. The van der Waals surface area contributed by atoms with Crippen LogP contribution >= 0.6 is 0 Å². The first-order valence-corrected chi connectivity index (χ1v) is 10.2. The van der Waals surface area contributed by atoms with Crippen LogP contribution in [0.5, 0.6) is 11.5 Å². The summed E-state index contributed by atoms with van der Waals surface area (Å²) in [4.78, 5) is 31.4. The van der Waals surface area contributed by atoms with Crippen LogP contribution < -0.4 is 19.3 Å². The fraction of sp³-hybridized carbons (Fsp3) is 0.391. The number of methoxy groups -OCH3 is 1. The van der Waals surface area contributed by atoms with Crippen molar-refractivity contribution in [1.29, 1.82) is 0 Å². The number of carbonyl (C=O) groups excluding carboxylic acids is 2. The van der Waals surface area contributed by atoms with Gasteiger partial charge in [0, 0.05) is 31.9 Å². The third-order valence-electron chi connectivity index (χ3n) is 5.69. The second-order valence-electron chi connectivity index (χ2n) is 7.72. The summed E-state index contributed by atoms with van der Waals surface area (Å²) < 4.78 is 10.9. The first kappa shape index (κ1) is 20.1. The lowest BCUT2D eigenvalue weighted by Crippen LogP contribution is -2.54. The van der Waals surface area contributed by atoms with Gasteiger partial charge in [0.15, 0.2) is 6.10 Å². The molecule has 7 nitrogen and oxygen atoms in total. The summed E-state index contributed by atoms with van der Waals surface area (Å²) in [6.45, 7) is 6.46. The Labute approximate surface area is 176 Å². The van der Waals surface area contributed by atoms with E-state index < -0.39 is 6.10 Å². The van der Waals surface area contributed by atoms with Gasteiger partial charge in [-0.1, -0.05) is 6.07 Å². The quantitative estimate of drug-likeness (QED) is 0.776. The van der Waals surface area contributed by atoms with Gasteiger partial charge in [-0.25, -0.2) is 0 Å². The standard InChI is InChI=1S/C23H27N3O4/c1-16-4-9-21-20(14-16)26(23(28)17(2)30-21)15-22(27)25-12-10-24(11-13-25)18-5-7-19(29-3)8-6-18/h4-9,14,17H,10-13,15H2,1-3H3/t17-/m1/s1. The van der Waals surface area contributed by atoms with E-state index in [4.69, 9.17) is 9.47 Å². The number of benzene rings is 2. The number of carbonyl (C=O) groups is 2. The summed E-state index contributed by atoms with van der Waals surface area (Å²) in [5.41, 5.74) is 2.80. The zero-order chi connectivity index (χ0) is 21.3. The van der Waals surface area contributed by atoms with Crippen molar-refractivity contribution >= 4 is 23.2 Å². The highest BCUT2D eigenvalue weighted by Gasteiger charge is 2.34. The molecule has 1 fully saturated rings. The molecule has 158 valence electrons. The van der Waals surface area contributed by atoms with Gasteiger partial charge < -0.3 is 19.3 Å². The maximum absolute atomic E-state index is 13.0. The fourth-order valence-corrected chi connectivity index (χ4v) is 3.92. The van der Waals surface area contributed by atoms with Crippen molar-refractivity contribution in [2.45, 2.75) is 20.0 Å². The van der Waals surface area contributed by atoms with Crippen LogP contribution in [0.1, 0.15) is 12.5 Å². The van der Waals surface area contributed by atoms with E-state index in [0.717, 1.165) is 30.1 Å². The molecule has 0 bridgehead atoms. The van der Waals surface area contributed by atoms with E-state index in [0.29, 0.717) is 24.5 Å². The Morgan fingerprint density at radius 1 is 1.10 bits per heavy atom. The Hall–Kier alpha value is -3.22. The number of rotatable bonds is 4. The molecular weight excluding hydrogens is 382 g/mol.